The summed E-state index contributed by atoms with van der Waals surface area (Å²) in [5, 5.41) is 6.63. The highest BCUT2D eigenvalue weighted by Gasteiger charge is 2.41. The van der Waals surface area contributed by atoms with Gasteiger partial charge >= 0.3 is 0 Å². The number of carbonyl (C=O) groups excluding carboxylic acids is 1. The van der Waals surface area contributed by atoms with Crippen LogP contribution in [0.5, 0.6) is 0 Å². The fourth-order valence-corrected chi connectivity index (χ4v) is 4.66. The van der Waals surface area contributed by atoms with Crippen molar-refractivity contribution in [3.63, 3.8) is 0 Å². The summed E-state index contributed by atoms with van der Waals surface area (Å²) in [4.78, 5) is 11.9. The van der Waals surface area contributed by atoms with Crippen molar-refractivity contribution >= 4 is 5.91 Å². The van der Waals surface area contributed by atoms with Crippen LogP contribution in [-0.2, 0) is 4.79 Å². The van der Waals surface area contributed by atoms with Gasteiger partial charge in [-0.25, -0.2) is 0 Å². The molecule has 3 saturated carbocycles. The Hall–Kier alpha value is -0.570. The minimum atomic E-state index is 0.196. The van der Waals surface area contributed by atoms with Crippen molar-refractivity contribution < 1.29 is 4.79 Å². The summed E-state index contributed by atoms with van der Waals surface area (Å²) in [6.07, 6.45) is 10.6. The summed E-state index contributed by atoms with van der Waals surface area (Å²) >= 11 is 0. The second kappa shape index (κ2) is 5.82. The lowest BCUT2D eigenvalue weighted by Crippen LogP contribution is -2.44. The van der Waals surface area contributed by atoms with Gasteiger partial charge in [0.05, 0.1) is 6.54 Å². The summed E-state index contributed by atoms with van der Waals surface area (Å²) in [5.74, 6) is 2.94. The third-order valence-electron chi connectivity index (χ3n) is 5.74. The van der Waals surface area contributed by atoms with Gasteiger partial charge in [-0.2, -0.15) is 0 Å². The van der Waals surface area contributed by atoms with Gasteiger partial charge < -0.3 is 10.6 Å². The maximum atomic E-state index is 11.9. The minimum absolute atomic E-state index is 0.196. The smallest absolute Gasteiger partial charge is 0.234 e. The summed E-state index contributed by atoms with van der Waals surface area (Å²) in [5.41, 5.74) is 0. The minimum Gasteiger partial charge on any atom is -0.352 e. The van der Waals surface area contributed by atoms with E-state index in [1.165, 1.54) is 51.4 Å². The van der Waals surface area contributed by atoms with Crippen LogP contribution in [0.4, 0.5) is 0 Å². The van der Waals surface area contributed by atoms with E-state index in [2.05, 4.69) is 17.6 Å². The summed E-state index contributed by atoms with van der Waals surface area (Å²) in [6, 6.07) is 0.955. The van der Waals surface area contributed by atoms with Crippen LogP contribution in [0.2, 0.25) is 0 Å². The Morgan fingerprint density at radius 2 is 1.95 bits per heavy atom. The fraction of sp³-hybridized carbons (Fsp3) is 0.938. The first-order chi connectivity index (χ1) is 9.22. The third-order valence-corrected chi connectivity index (χ3v) is 5.74. The lowest BCUT2D eigenvalue weighted by Gasteiger charge is -2.28. The standard InChI is InChI=1S/C16H28N2O/c1-11(15-9-12-6-7-13(15)8-12)17-10-16(19)18-14-4-2-3-5-14/h11-15,17H,2-10H2,1H3,(H,18,19). The molecule has 2 N–H and O–H groups in total. The van der Waals surface area contributed by atoms with Crippen molar-refractivity contribution in [1.29, 1.82) is 0 Å². The molecular formula is C16H28N2O. The Labute approximate surface area is 116 Å². The first kappa shape index (κ1) is 13.4. The molecule has 0 heterocycles. The highest BCUT2D eigenvalue weighted by atomic mass is 16.1. The van der Waals surface area contributed by atoms with Crippen LogP contribution in [0.1, 0.15) is 58.3 Å². The molecule has 2 bridgehead atoms. The average Bonchev–Trinajstić information content (AvgIpc) is 3.12. The van der Waals surface area contributed by atoms with E-state index in [4.69, 9.17) is 0 Å². The molecule has 3 aliphatic carbocycles. The molecule has 0 radical (unpaired) electrons. The van der Waals surface area contributed by atoms with E-state index in [-0.39, 0.29) is 5.91 Å². The van der Waals surface area contributed by atoms with E-state index in [0.717, 1.165) is 17.8 Å². The van der Waals surface area contributed by atoms with Crippen LogP contribution < -0.4 is 10.6 Å². The molecule has 3 nitrogen and oxygen atoms in total. The second-order valence-electron chi connectivity index (χ2n) is 7.06. The van der Waals surface area contributed by atoms with Gasteiger partial charge in [0.2, 0.25) is 5.91 Å². The molecule has 3 rings (SSSR count). The highest BCUT2D eigenvalue weighted by molar-refractivity contribution is 5.78. The molecule has 3 heteroatoms. The highest BCUT2D eigenvalue weighted by Crippen LogP contribution is 2.49. The Balaban J connectivity index is 1.38. The topological polar surface area (TPSA) is 41.1 Å². The molecule has 3 fully saturated rings. The molecule has 4 unspecified atom stereocenters. The van der Waals surface area contributed by atoms with Crippen LogP contribution in [-0.4, -0.2) is 24.5 Å². The van der Waals surface area contributed by atoms with Gasteiger partial charge in [0.25, 0.3) is 0 Å². The largest absolute Gasteiger partial charge is 0.352 e. The zero-order valence-corrected chi connectivity index (χ0v) is 12.2. The molecule has 0 aliphatic heterocycles. The van der Waals surface area contributed by atoms with Gasteiger partial charge in [-0.1, -0.05) is 19.3 Å². The summed E-state index contributed by atoms with van der Waals surface area (Å²) in [7, 11) is 0. The number of amides is 1. The maximum absolute atomic E-state index is 11.9. The predicted octanol–water partition coefficient (Wildman–Crippen LogP) is 2.46. The zero-order chi connectivity index (χ0) is 13.2. The Morgan fingerprint density at radius 3 is 2.58 bits per heavy atom. The molecule has 0 spiro atoms. The van der Waals surface area contributed by atoms with Crippen LogP contribution in [0, 0.1) is 17.8 Å². The maximum Gasteiger partial charge on any atom is 0.234 e. The normalized spacial score (nSPS) is 35.7. The molecule has 0 aromatic heterocycles. The molecule has 19 heavy (non-hydrogen) atoms. The van der Waals surface area contributed by atoms with Gasteiger partial charge in [-0.15, -0.1) is 0 Å². The van der Waals surface area contributed by atoms with Gasteiger partial charge in [0, 0.05) is 12.1 Å². The van der Waals surface area contributed by atoms with E-state index >= 15 is 0 Å². The van der Waals surface area contributed by atoms with E-state index < -0.39 is 0 Å². The van der Waals surface area contributed by atoms with Crippen LogP contribution in [0.15, 0.2) is 0 Å². The Kier molecular flexibility index (Phi) is 4.11. The molecule has 3 aliphatic rings. The second-order valence-corrected chi connectivity index (χ2v) is 7.06. The van der Waals surface area contributed by atoms with Crippen molar-refractivity contribution in [2.24, 2.45) is 17.8 Å². The first-order valence-corrected chi connectivity index (χ1v) is 8.25. The SMILES string of the molecule is CC(NCC(=O)NC1CCCC1)C1CC2CCC1C2. The molecule has 4 atom stereocenters. The van der Waals surface area contributed by atoms with E-state index in [1.54, 1.807) is 0 Å². The average molecular weight is 264 g/mol. The molecule has 1 amide bonds. The predicted molar refractivity (Wildman–Crippen MR) is 76.8 cm³/mol. The van der Waals surface area contributed by atoms with Gasteiger partial charge in [-0.3, -0.25) is 4.79 Å². The van der Waals surface area contributed by atoms with Crippen molar-refractivity contribution in [1.82, 2.24) is 10.6 Å². The van der Waals surface area contributed by atoms with Crippen molar-refractivity contribution in [3.05, 3.63) is 0 Å². The molecular weight excluding hydrogens is 236 g/mol. The fourth-order valence-electron chi connectivity index (χ4n) is 4.66. The van der Waals surface area contributed by atoms with E-state index in [1.807, 2.05) is 0 Å². The monoisotopic (exact) mass is 264 g/mol. The number of hydrogen-bond acceptors (Lipinski definition) is 2. The quantitative estimate of drug-likeness (QED) is 0.801. The van der Waals surface area contributed by atoms with Crippen molar-refractivity contribution in [2.75, 3.05) is 6.54 Å². The molecule has 0 aromatic carbocycles. The van der Waals surface area contributed by atoms with Crippen molar-refractivity contribution in [2.45, 2.75) is 70.4 Å². The van der Waals surface area contributed by atoms with Gasteiger partial charge in [-0.05, 0) is 56.8 Å². The zero-order valence-electron chi connectivity index (χ0n) is 12.2. The van der Waals surface area contributed by atoms with Crippen molar-refractivity contribution in [3.8, 4) is 0 Å². The summed E-state index contributed by atoms with van der Waals surface area (Å²) < 4.78 is 0. The van der Waals surface area contributed by atoms with Gasteiger partial charge in [0.1, 0.15) is 0 Å². The van der Waals surface area contributed by atoms with E-state index in [9.17, 15) is 4.79 Å². The molecule has 108 valence electrons. The van der Waals surface area contributed by atoms with Gasteiger partial charge in [0.15, 0.2) is 0 Å². The lowest BCUT2D eigenvalue weighted by molar-refractivity contribution is -0.121. The molecule has 0 aromatic rings. The third kappa shape index (κ3) is 3.13. The van der Waals surface area contributed by atoms with Crippen LogP contribution in [0.3, 0.4) is 0 Å². The number of fused-ring (bicyclic) bond motifs is 2. The Morgan fingerprint density at radius 1 is 1.16 bits per heavy atom. The number of carbonyl (C=O) groups is 1. The summed E-state index contributed by atoms with van der Waals surface area (Å²) in [6.45, 7) is 2.78. The lowest BCUT2D eigenvalue weighted by atomic mass is 9.84. The number of hydrogen-bond donors (Lipinski definition) is 2. The van der Waals surface area contributed by atoms with Crippen LogP contribution >= 0.6 is 0 Å². The first-order valence-electron chi connectivity index (χ1n) is 8.25. The number of nitrogens with one attached hydrogen (secondary N) is 2. The molecule has 0 saturated heterocycles. The Bertz CT molecular complexity index is 325. The number of rotatable bonds is 5. The van der Waals surface area contributed by atoms with E-state index in [0.29, 0.717) is 18.6 Å². The van der Waals surface area contributed by atoms with Crippen LogP contribution in [0.25, 0.3) is 0 Å².